The first-order valence-electron chi connectivity index (χ1n) is 7.89. The zero-order chi connectivity index (χ0) is 18.2. The Hall–Kier alpha value is -2.37. The van der Waals surface area contributed by atoms with E-state index in [2.05, 4.69) is 5.32 Å². The lowest BCUT2D eigenvalue weighted by atomic mass is 10.2. The monoisotopic (exact) mass is 335 g/mol. The smallest absolute Gasteiger partial charge is 0.328 e. The topological polar surface area (TPSA) is 81.7 Å². The predicted molar refractivity (Wildman–Crippen MR) is 88.9 cm³/mol. The fourth-order valence-electron chi connectivity index (χ4n) is 1.83. The summed E-state index contributed by atoms with van der Waals surface area (Å²) in [7, 11) is 0. The van der Waals surface area contributed by atoms with Crippen molar-refractivity contribution < 1.29 is 23.9 Å². The van der Waals surface area contributed by atoms with Gasteiger partial charge in [-0.1, -0.05) is 30.3 Å². The van der Waals surface area contributed by atoms with Crippen LogP contribution in [0.4, 0.5) is 0 Å². The van der Waals surface area contributed by atoms with E-state index in [1.54, 1.807) is 27.7 Å². The average Bonchev–Trinajstić information content (AvgIpc) is 2.50. The zero-order valence-corrected chi connectivity index (χ0v) is 14.6. The molecule has 1 aromatic rings. The number of rotatable bonds is 7. The molecule has 1 unspecified atom stereocenters. The molecule has 24 heavy (non-hydrogen) atoms. The van der Waals surface area contributed by atoms with Gasteiger partial charge in [-0.05, 0) is 33.3 Å². The average molecular weight is 335 g/mol. The van der Waals surface area contributed by atoms with Gasteiger partial charge in [0.25, 0.3) is 0 Å². The van der Waals surface area contributed by atoms with Crippen LogP contribution in [0.5, 0.6) is 0 Å². The number of hydrogen-bond acceptors (Lipinski definition) is 5. The van der Waals surface area contributed by atoms with Crippen LogP contribution in [-0.4, -0.2) is 29.5 Å². The SMILES string of the molecule is CC(NC(=O)CCC(=O)OC(C)(C)C)C(=O)OCc1ccccc1. The van der Waals surface area contributed by atoms with Crippen LogP contribution in [-0.2, 0) is 30.5 Å². The number of esters is 2. The molecule has 0 aromatic heterocycles. The second kappa shape index (κ2) is 9.05. The van der Waals surface area contributed by atoms with E-state index >= 15 is 0 Å². The summed E-state index contributed by atoms with van der Waals surface area (Å²) in [4.78, 5) is 35.2. The lowest BCUT2D eigenvalue weighted by Crippen LogP contribution is -2.39. The summed E-state index contributed by atoms with van der Waals surface area (Å²) in [6.45, 7) is 6.97. The van der Waals surface area contributed by atoms with Gasteiger partial charge in [0.05, 0.1) is 6.42 Å². The van der Waals surface area contributed by atoms with Gasteiger partial charge >= 0.3 is 11.9 Å². The molecular weight excluding hydrogens is 310 g/mol. The summed E-state index contributed by atoms with van der Waals surface area (Å²) in [6.07, 6.45) is -0.0693. The molecule has 6 heteroatoms. The molecule has 0 aliphatic heterocycles. The third kappa shape index (κ3) is 8.31. The number of hydrogen-bond donors (Lipinski definition) is 1. The summed E-state index contributed by atoms with van der Waals surface area (Å²) in [5, 5.41) is 2.51. The summed E-state index contributed by atoms with van der Waals surface area (Å²) in [6, 6.07) is 8.49. The number of carbonyl (C=O) groups excluding carboxylic acids is 3. The first-order valence-corrected chi connectivity index (χ1v) is 7.89. The quantitative estimate of drug-likeness (QED) is 0.774. The Labute approximate surface area is 142 Å². The molecule has 0 radical (unpaired) electrons. The van der Waals surface area contributed by atoms with Crippen molar-refractivity contribution in [1.82, 2.24) is 5.32 Å². The van der Waals surface area contributed by atoms with Crippen LogP contribution in [0.2, 0.25) is 0 Å². The highest BCUT2D eigenvalue weighted by Crippen LogP contribution is 2.09. The van der Waals surface area contributed by atoms with Crippen LogP contribution in [0.15, 0.2) is 30.3 Å². The maximum absolute atomic E-state index is 11.8. The van der Waals surface area contributed by atoms with Crippen LogP contribution < -0.4 is 5.32 Å². The van der Waals surface area contributed by atoms with Crippen molar-refractivity contribution in [3.8, 4) is 0 Å². The first-order chi connectivity index (χ1) is 11.2. The number of carbonyl (C=O) groups is 3. The Morgan fingerprint density at radius 1 is 1.08 bits per heavy atom. The highest BCUT2D eigenvalue weighted by molar-refractivity contribution is 5.86. The molecule has 0 saturated carbocycles. The standard InChI is InChI=1S/C18H25NO5/c1-13(17(22)23-12-14-8-6-5-7-9-14)19-15(20)10-11-16(21)24-18(2,3)4/h5-9,13H,10-12H2,1-4H3,(H,19,20). The fraction of sp³-hybridized carbons (Fsp3) is 0.500. The summed E-state index contributed by atoms with van der Waals surface area (Å²) < 4.78 is 10.3. The van der Waals surface area contributed by atoms with Crippen LogP contribution in [0, 0.1) is 0 Å². The van der Waals surface area contributed by atoms with Gasteiger partial charge in [-0.25, -0.2) is 4.79 Å². The van der Waals surface area contributed by atoms with Gasteiger partial charge in [0.1, 0.15) is 18.2 Å². The van der Waals surface area contributed by atoms with E-state index in [4.69, 9.17) is 9.47 Å². The van der Waals surface area contributed by atoms with Gasteiger partial charge in [-0.3, -0.25) is 9.59 Å². The third-order valence-electron chi connectivity index (χ3n) is 2.93. The highest BCUT2D eigenvalue weighted by atomic mass is 16.6. The van der Waals surface area contributed by atoms with Crippen molar-refractivity contribution in [1.29, 1.82) is 0 Å². The van der Waals surface area contributed by atoms with Crippen molar-refractivity contribution in [2.45, 2.75) is 58.8 Å². The molecule has 0 bridgehead atoms. The third-order valence-corrected chi connectivity index (χ3v) is 2.93. The second-order valence-electron chi connectivity index (χ2n) is 6.47. The molecule has 0 aliphatic carbocycles. The number of nitrogens with one attached hydrogen (secondary N) is 1. The number of benzene rings is 1. The number of ether oxygens (including phenoxy) is 2. The van der Waals surface area contributed by atoms with E-state index < -0.39 is 29.5 Å². The Morgan fingerprint density at radius 2 is 1.71 bits per heavy atom. The van der Waals surface area contributed by atoms with Crippen LogP contribution >= 0.6 is 0 Å². The molecule has 132 valence electrons. The van der Waals surface area contributed by atoms with E-state index in [1.165, 1.54) is 0 Å². The molecule has 0 aliphatic rings. The van der Waals surface area contributed by atoms with Crippen molar-refractivity contribution in [2.75, 3.05) is 0 Å². The van der Waals surface area contributed by atoms with E-state index in [0.29, 0.717) is 0 Å². The minimum atomic E-state index is -0.778. The maximum Gasteiger partial charge on any atom is 0.328 e. The lowest BCUT2D eigenvalue weighted by molar-refractivity contribution is -0.155. The Bertz CT molecular complexity index is 563. The van der Waals surface area contributed by atoms with Crippen molar-refractivity contribution in [3.63, 3.8) is 0 Å². The van der Waals surface area contributed by atoms with Gasteiger partial charge in [0, 0.05) is 6.42 Å². The van der Waals surface area contributed by atoms with E-state index in [9.17, 15) is 14.4 Å². The fourth-order valence-corrected chi connectivity index (χ4v) is 1.83. The molecule has 0 fully saturated rings. The first kappa shape index (κ1) is 19.7. The normalized spacial score (nSPS) is 12.2. The van der Waals surface area contributed by atoms with Crippen LogP contribution in [0.3, 0.4) is 0 Å². The van der Waals surface area contributed by atoms with Gasteiger partial charge in [0.15, 0.2) is 0 Å². The van der Waals surface area contributed by atoms with Crippen molar-refractivity contribution in [2.24, 2.45) is 0 Å². The van der Waals surface area contributed by atoms with Crippen LogP contribution in [0.25, 0.3) is 0 Å². The lowest BCUT2D eigenvalue weighted by Gasteiger charge is -2.19. The molecule has 0 saturated heterocycles. The van der Waals surface area contributed by atoms with Crippen LogP contribution in [0.1, 0.15) is 46.1 Å². The highest BCUT2D eigenvalue weighted by Gasteiger charge is 2.20. The largest absolute Gasteiger partial charge is 0.460 e. The molecule has 1 N–H and O–H groups in total. The van der Waals surface area contributed by atoms with E-state index in [0.717, 1.165) is 5.56 Å². The van der Waals surface area contributed by atoms with Gasteiger partial charge in [-0.2, -0.15) is 0 Å². The van der Waals surface area contributed by atoms with Gasteiger partial charge in [-0.15, -0.1) is 0 Å². The molecule has 1 atom stereocenters. The minimum absolute atomic E-state index is 0.0329. The Kier molecular flexibility index (Phi) is 7.42. The maximum atomic E-state index is 11.8. The summed E-state index contributed by atoms with van der Waals surface area (Å²) in [5.41, 5.74) is 0.288. The van der Waals surface area contributed by atoms with E-state index in [1.807, 2.05) is 30.3 Å². The molecular formula is C18H25NO5. The number of amides is 1. The summed E-state index contributed by atoms with van der Waals surface area (Å²) in [5.74, 6) is -1.37. The second-order valence-corrected chi connectivity index (χ2v) is 6.47. The summed E-state index contributed by atoms with van der Waals surface area (Å²) >= 11 is 0. The predicted octanol–water partition coefficient (Wildman–Crippen LogP) is 2.36. The molecule has 1 rings (SSSR count). The zero-order valence-electron chi connectivity index (χ0n) is 14.6. The molecule has 0 spiro atoms. The molecule has 1 amide bonds. The van der Waals surface area contributed by atoms with Crippen molar-refractivity contribution in [3.05, 3.63) is 35.9 Å². The Balaban J connectivity index is 2.30. The molecule has 6 nitrogen and oxygen atoms in total. The minimum Gasteiger partial charge on any atom is -0.460 e. The molecule has 1 aromatic carbocycles. The van der Waals surface area contributed by atoms with Gasteiger partial charge in [0.2, 0.25) is 5.91 Å². The molecule has 0 heterocycles. The Morgan fingerprint density at radius 3 is 2.29 bits per heavy atom. The van der Waals surface area contributed by atoms with Crippen molar-refractivity contribution >= 4 is 17.8 Å². The van der Waals surface area contributed by atoms with E-state index in [-0.39, 0.29) is 19.4 Å². The van der Waals surface area contributed by atoms with Gasteiger partial charge < -0.3 is 14.8 Å².